The van der Waals surface area contributed by atoms with Crippen LogP contribution in [-0.4, -0.2) is 0 Å². The van der Waals surface area contributed by atoms with Crippen molar-refractivity contribution in [3.05, 3.63) is 234 Å². The van der Waals surface area contributed by atoms with Crippen LogP contribution in [0.5, 0.6) is 0 Å². The van der Waals surface area contributed by atoms with Gasteiger partial charge in [0.2, 0.25) is 0 Å². The van der Waals surface area contributed by atoms with Crippen LogP contribution in [0, 0.1) is 18.8 Å². The molecule has 280 valence electrons. The molecule has 0 spiro atoms. The molecule has 58 heavy (non-hydrogen) atoms. The van der Waals surface area contributed by atoms with Gasteiger partial charge in [-0.05, 0) is 142 Å². The second-order valence-corrected chi connectivity index (χ2v) is 16.9. The summed E-state index contributed by atoms with van der Waals surface area (Å²) in [6.07, 6.45) is 5.59. The molecular weight excluding hydrogens is 699 g/mol. The maximum absolute atomic E-state index is 2.49. The lowest BCUT2D eigenvalue weighted by atomic mass is 9.67. The SMILES string of the molecule is Cc1ccc2c(c1)C(c1ccccc1)(c1ccccc1)c1cc(N(c3ccc(-c4ccccc4-c4ccccc4)cc3)c3ccc(C4CC5CCC4C5)cc3)ccc1-2. The first-order valence-corrected chi connectivity index (χ1v) is 21.2. The Bertz CT molecular complexity index is 2690. The lowest BCUT2D eigenvalue weighted by Crippen LogP contribution is -2.28. The van der Waals surface area contributed by atoms with Crippen LogP contribution in [0.3, 0.4) is 0 Å². The summed E-state index contributed by atoms with van der Waals surface area (Å²) >= 11 is 0. The van der Waals surface area contributed by atoms with Crippen LogP contribution >= 0.6 is 0 Å². The van der Waals surface area contributed by atoms with E-state index in [0.717, 1.165) is 23.2 Å². The number of anilines is 3. The summed E-state index contributed by atoms with van der Waals surface area (Å²) in [4.78, 5) is 2.48. The van der Waals surface area contributed by atoms with Crippen LogP contribution in [0.4, 0.5) is 17.1 Å². The summed E-state index contributed by atoms with van der Waals surface area (Å²) in [5, 5.41) is 0. The Morgan fingerprint density at radius 1 is 0.431 bits per heavy atom. The van der Waals surface area contributed by atoms with Gasteiger partial charge in [-0.1, -0.05) is 176 Å². The normalized spacial score (nSPS) is 18.5. The van der Waals surface area contributed by atoms with Gasteiger partial charge >= 0.3 is 0 Å². The largest absolute Gasteiger partial charge is 0.310 e. The van der Waals surface area contributed by atoms with Crippen LogP contribution in [0.25, 0.3) is 33.4 Å². The van der Waals surface area contributed by atoms with Gasteiger partial charge in [-0.2, -0.15) is 0 Å². The van der Waals surface area contributed by atoms with Crippen LogP contribution in [0.1, 0.15) is 65.0 Å². The molecule has 8 aromatic carbocycles. The highest BCUT2D eigenvalue weighted by molar-refractivity contribution is 5.90. The molecule has 11 rings (SSSR count). The molecule has 0 amide bonds. The molecule has 8 aromatic rings. The molecule has 1 nitrogen and oxygen atoms in total. The maximum atomic E-state index is 2.49. The van der Waals surface area contributed by atoms with Gasteiger partial charge in [-0.3, -0.25) is 0 Å². The molecule has 0 heterocycles. The average Bonchev–Trinajstić information content (AvgIpc) is 4.01. The average molecular weight is 746 g/mol. The lowest BCUT2D eigenvalue weighted by molar-refractivity contribution is 0.420. The standard InChI is InChI=1S/C57H47N/c1-39-21-33-52-53-34-32-49(38-56(53)57(55(52)35-39,45-15-7-3-8-16-45)46-17-9-4-10-18-46)58(48-30-26-43(27-31-48)54-37-40-22-23-44(54)36-40)47-28-24-42(25-29-47)51-20-12-11-19-50(51)41-13-5-2-6-14-41/h2-21,24-35,38,40,44,54H,22-23,36-37H2,1H3. The zero-order chi connectivity index (χ0) is 38.6. The van der Waals surface area contributed by atoms with Gasteiger partial charge in [0.05, 0.1) is 5.41 Å². The lowest BCUT2D eigenvalue weighted by Gasteiger charge is -2.35. The van der Waals surface area contributed by atoms with E-state index in [1.165, 1.54) is 98.1 Å². The predicted molar refractivity (Wildman–Crippen MR) is 242 cm³/mol. The van der Waals surface area contributed by atoms with Gasteiger partial charge in [0.1, 0.15) is 0 Å². The molecule has 2 bridgehead atoms. The maximum Gasteiger partial charge on any atom is 0.0714 e. The fourth-order valence-corrected chi connectivity index (χ4v) is 11.1. The van der Waals surface area contributed by atoms with Crippen LogP contribution in [0.2, 0.25) is 0 Å². The van der Waals surface area contributed by atoms with Gasteiger partial charge in [0.25, 0.3) is 0 Å². The number of benzene rings is 8. The second kappa shape index (κ2) is 14.2. The second-order valence-electron chi connectivity index (χ2n) is 16.9. The Hall–Kier alpha value is -6.44. The zero-order valence-electron chi connectivity index (χ0n) is 33.1. The third kappa shape index (κ3) is 5.67. The summed E-state index contributed by atoms with van der Waals surface area (Å²) in [6, 6.07) is 74.9. The molecule has 0 aromatic heterocycles. The van der Waals surface area contributed by atoms with Gasteiger partial charge in [0.15, 0.2) is 0 Å². The molecule has 1 heteroatoms. The van der Waals surface area contributed by atoms with Crippen molar-refractivity contribution in [1.82, 2.24) is 0 Å². The Balaban J connectivity index is 1.08. The van der Waals surface area contributed by atoms with Crippen LogP contribution in [-0.2, 0) is 5.41 Å². The first kappa shape index (κ1) is 34.8. The zero-order valence-corrected chi connectivity index (χ0v) is 33.1. The molecule has 0 saturated heterocycles. The fourth-order valence-electron chi connectivity index (χ4n) is 11.1. The molecular formula is C57H47N. The molecule has 3 aliphatic rings. The highest BCUT2D eigenvalue weighted by atomic mass is 15.1. The molecule has 3 aliphatic carbocycles. The van der Waals surface area contributed by atoms with Crippen molar-refractivity contribution in [1.29, 1.82) is 0 Å². The topological polar surface area (TPSA) is 3.24 Å². The minimum absolute atomic E-state index is 0.475. The Morgan fingerprint density at radius 3 is 1.53 bits per heavy atom. The van der Waals surface area contributed by atoms with Crippen LogP contribution < -0.4 is 4.90 Å². The molecule has 2 fully saturated rings. The van der Waals surface area contributed by atoms with E-state index < -0.39 is 5.41 Å². The monoisotopic (exact) mass is 745 g/mol. The Morgan fingerprint density at radius 2 is 0.948 bits per heavy atom. The Kier molecular flexibility index (Phi) is 8.51. The summed E-state index contributed by atoms with van der Waals surface area (Å²) < 4.78 is 0. The molecule has 0 N–H and O–H groups in total. The van der Waals surface area contributed by atoms with Crippen LogP contribution in [0.15, 0.2) is 200 Å². The van der Waals surface area contributed by atoms with E-state index in [2.05, 4.69) is 212 Å². The molecule has 0 aliphatic heterocycles. The van der Waals surface area contributed by atoms with E-state index in [1.807, 2.05) is 0 Å². The van der Waals surface area contributed by atoms with Crippen molar-refractivity contribution in [3.63, 3.8) is 0 Å². The number of nitrogens with zero attached hydrogens (tertiary/aromatic N) is 1. The van der Waals surface area contributed by atoms with E-state index in [-0.39, 0.29) is 0 Å². The van der Waals surface area contributed by atoms with E-state index in [0.29, 0.717) is 5.92 Å². The van der Waals surface area contributed by atoms with E-state index in [1.54, 1.807) is 0 Å². The smallest absolute Gasteiger partial charge is 0.0714 e. The minimum atomic E-state index is -0.475. The van der Waals surface area contributed by atoms with Gasteiger partial charge < -0.3 is 4.90 Å². The quantitative estimate of drug-likeness (QED) is 0.150. The molecule has 0 radical (unpaired) electrons. The number of aryl methyl sites for hydroxylation is 1. The third-order valence-electron chi connectivity index (χ3n) is 13.7. The first-order chi connectivity index (χ1) is 28.6. The van der Waals surface area contributed by atoms with E-state index >= 15 is 0 Å². The molecule has 3 atom stereocenters. The number of hydrogen-bond donors (Lipinski definition) is 0. The molecule has 3 unspecified atom stereocenters. The fraction of sp³-hybridized carbons (Fsp3) is 0.158. The van der Waals surface area contributed by atoms with E-state index in [9.17, 15) is 0 Å². The predicted octanol–water partition coefficient (Wildman–Crippen LogP) is 15.1. The summed E-state index contributed by atoms with van der Waals surface area (Å²) in [5.41, 5.74) is 18.6. The number of hydrogen-bond acceptors (Lipinski definition) is 1. The Labute approximate surface area is 343 Å². The van der Waals surface area contributed by atoms with Crippen molar-refractivity contribution in [2.24, 2.45) is 11.8 Å². The molecule has 2 saturated carbocycles. The highest BCUT2D eigenvalue weighted by Crippen LogP contribution is 2.58. The third-order valence-corrected chi connectivity index (χ3v) is 13.7. The number of fused-ring (bicyclic) bond motifs is 5. The van der Waals surface area contributed by atoms with Gasteiger partial charge in [-0.15, -0.1) is 0 Å². The van der Waals surface area contributed by atoms with Crippen molar-refractivity contribution >= 4 is 17.1 Å². The summed E-state index contributed by atoms with van der Waals surface area (Å²) in [7, 11) is 0. The van der Waals surface area contributed by atoms with Gasteiger partial charge in [-0.25, -0.2) is 0 Å². The van der Waals surface area contributed by atoms with Crippen molar-refractivity contribution in [2.75, 3.05) is 4.90 Å². The van der Waals surface area contributed by atoms with Crippen molar-refractivity contribution in [2.45, 2.75) is 43.9 Å². The number of rotatable bonds is 8. The van der Waals surface area contributed by atoms with Crippen molar-refractivity contribution in [3.8, 4) is 33.4 Å². The summed E-state index contributed by atoms with van der Waals surface area (Å²) in [6.45, 7) is 2.22. The first-order valence-electron chi connectivity index (χ1n) is 21.2. The summed E-state index contributed by atoms with van der Waals surface area (Å²) in [5.74, 6) is 2.47. The minimum Gasteiger partial charge on any atom is -0.310 e. The highest BCUT2D eigenvalue weighted by Gasteiger charge is 2.46. The van der Waals surface area contributed by atoms with Gasteiger partial charge in [0, 0.05) is 17.1 Å². The van der Waals surface area contributed by atoms with E-state index in [4.69, 9.17) is 0 Å². The van der Waals surface area contributed by atoms with Crippen molar-refractivity contribution < 1.29 is 0 Å².